The summed E-state index contributed by atoms with van der Waals surface area (Å²) in [7, 11) is 0. The number of hydrogen-bond acceptors (Lipinski definition) is 21. The Morgan fingerprint density at radius 3 is 2.12 bits per heavy atom. The van der Waals surface area contributed by atoms with Crippen LogP contribution in [-0.2, 0) is 57.1 Å². The van der Waals surface area contributed by atoms with E-state index in [0.29, 0.717) is 0 Å². The molecule has 22 heteroatoms. The summed E-state index contributed by atoms with van der Waals surface area (Å²) in [5, 5.41) is 81.2. The first-order valence-electron chi connectivity index (χ1n) is 24.9. The molecule has 1 amide bonds. The summed E-state index contributed by atoms with van der Waals surface area (Å²) in [4.78, 5) is 85.6. The van der Waals surface area contributed by atoms with Crippen LogP contribution < -0.4 is 5.32 Å². The number of ketones is 1. The second-order valence-electron chi connectivity index (χ2n) is 21.7. The molecular formula is C53H69NO21. The van der Waals surface area contributed by atoms with Gasteiger partial charge in [-0.2, -0.15) is 0 Å². The van der Waals surface area contributed by atoms with Gasteiger partial charge in [0.25, 0.3) is 0 Å². The molecule has 2 heterocycles. The minimum atomic E-state index is -2.53. The topological polar surface area (TPSA) is 330 Å². The van der Waals surface area contributed by atoms with Crippen LogP contribution in [0.15, 0.2) is 71.8 Å². The van der Waals surface area contributed by atoms with Crippen LogP contribution in [0, 0.1) is 16.7 Å². The molecule has 0 radical (unpaired) electrons. The summed E-state index contributed by atoms with van der Waals surface area (Å²) in [6.07, 6.45) is -21.1. The number of aliphatic hydroxyl groups excluding tert-OH is 6. The fraction of sp³-hybridized carbons (Fsp3) is 0.623. The molecule has 3 aliphatic carbocycles. The van der Waals surface area contributed by atoms with Crippen molar-refractivity contribution in [3.05, 3.63) is 82.9 Å². The molecule has 0 unspecified atom stereocenters. The third kappa shape index (κ3) is 10.8. The molecule has 0 spiro atoms. The number of carbonyl (C=O) groups is 6. The van der Waals surface area contributed by atoms with Gasteiger partial charge in [-0.15, -0.1) is 0 Å². The van der Waals surface area contributed by atoms with Crippen LogP contribution in [0.2, 0.25) is 0 Å². The number of carbonyl (C=O) groups excluding carboxylic acids is 6. The van der Waals surface area contributed by atoms with Gasteiger partial charge in [0.2, 0.25) is 0 Å². The second kappa shape index (κ2) is 21.9. The highest BCUT2D eigenvalue weighted by Gasteiger charge is 2.78. The molecule has 7 rings (SSSR count). The Hall–Kier alpha value is -5.40. The number of amides is 1. The first kappa shape index (κ1) is 57.3. The predicted molar refractivity (Wildman–Crippen MR) is 256 cm³/mol. The zero-order valence-corrected chi connectivity index (χ0v) is 43.1. The van der Waals surface area contributed by atoms with Gasteiger partial charge in [-0.05, 0) is 69.9 Å². The summed E-state index contributed by atoms with van der Waals surface area (Å²) in [6, 6.07) is 14.2. The Bertz CT molecular complexity index is 2480. The fourth-order valence-electron chi connectivity index (χ4n) is 11.4. The van der Waals surface area contributed by atoms with Crippen LogP contribution in [0.4, 0.5) is 4.79 Å². The summed E-state index contributed by atoms with van der Waals surface area (Å²) in [5.74, 6) is -6.88. The molecule has 412 valence electrons. The van der Waals surface area contributed by atoms with E-state index in [9.17, 15) is 59.7 Å². The molecule has 2 saturated heterocycles. The highest BCUT2D eigenvalue weighted by atomic mass is 16.7. The van der Waals surface area contributed by atoms with Crippen molar-refractivity contribution in [3.63, 3.8) is 0 Å². The number of ether oxygens (including phenoxy) is 8. The lowest BCUT2D eigenvalue weighted by Gasteiger charge is -2.67. The molecule has 5 aliphatic rings. The number of fused-ring (bicyclic) bond motifs is 5. The summed E-state index contributed by atoms with van der Waals surface area (Å²) < 4.78 is 47.2. The van der Waals surface area contributed by atoms with E-state index in [-0.39, 0.29) is 41.7 Å². The van der Waals surface area contributed by atoms with E-state index in [2.05, 4.69) is 5.32 Å². The smallest absolute Gasteiger partial charge is 0.408 e. The Morgan fingerprint density at radius 2 is 1.53 bits per heavy atom. The van der Waals surface area contributed by atoms with Gasteiger partial charge < -0.3 is 79.0 Å². The monoisotopic (exact) mass is 1060 g/mol. The minimum absolute atomic E-state index is 0.00826. The van der Waals surface area contributed by atoms with E-state index >= 15 is 4.79 Å². The first-order valence-corrected chi connectivity index (χ1v) is 24.9. The molecule has 22 nitrogen and oxygen atoms in total. The molecule has 4 fully saturated rings. The van der Waals surface area contributed by atoms with Crippen LogP contribution in [0.25, 0.3) is 0 Å². The van der Waals surface area contributed by atoms with Crippen molar-refractivity contribution in [3.8, 4) is 0 Å². The lowest BCUT2D eigenvalue weighted by molar-refractivity contribution is -0.346. The molecule has 16 atom stereocenters. The van der Waals surface area contributed by atoms with Gasteiger partial charge in [-0.3, -0.25) is 14.4 Å². The quantitative estimate of drug-likeness (QED) is 0.0541. The number of alkyl carbamates (subject to hydrolysis) is 1. The highest BCUT2D eigenvalue weighted by Crippen LogP contribution is 2.64. The SMILES string of the molecule is CC(=O)O[C@@]12CO[C@@H]1C[C@H](O)[C@@]1(C)C(=O)[C@H](OC(=O)CCCO[C@H]3O[C@H](CO)[C@@H](O)[C@H](O)[C@H]3O)C3=C(C)[C@@H](OC(=O)[C@H](O)[C@@H](NC(=O)OC(C)(C)C)c4ccccc4)C[C@@](O)([C@@H](OC(=O)c4ccccc4)[C@H]21)C3(C)C. The molecule has 75 heavy (non-hydrogen) atoms. The van der Waals surface area contributed by atoms with Gasteiger partial charge in [-0.25, -0.2) is 14.4 Å². The normalized spacial score (nSPS) is 34.9. The highest BCUT2D eigenvalue weighted by molar-refractivity contribution is 5.96. The van der Waals surface area contributed by atoms with E-state index in [4.69, 9.17) is 37.9 Å². The Morgan fingerprint density at radius 1 is 0.893 bits per heavy atom. The first-order chi connectivity index (χ1) is 35.1. The number of hydrogen-bond donors (Lipinski definition) is 8. The lowest BCUT2D eigenvalue weighted by Crippen LogP contribution is -2.82. The van der Waals surface area contributed by atoms with Crippen molar-refractivity contribution in [2.45, 2.75) is 171 Å². The number of rotatable bonds is 15. The van der Waals surface area contributed by atoms with Gasteiger partial charge in [0.1, 0.15) is 53.9 Å². The van der Waals surface area contributed by atoms with Crippen molar-refractivity contribution in [2.75, 3.05) is 19.8 Å². The van der Waals surface area contributed by atoms with Gasteiger partial charge in [0, 0.05) is 31.6 Å². The number of aliphatic hydroxyl groups is 7. The standard InChI is InChI=1S/C53H69NO21/c1-26-30(70-46(65)38(60)36(28-16-11-9-12-17-28)54-48(66)75-49(3,4)5)23-53(67)44(73-45(64)29-18-13-10-14-19-29)42-51(8,32(57)22-33-52(42,25-69-33)74-27(2)56)43(63)41(35(26)50(53,6)7)72-34(58)20-15-21-68-47-40(62)39(61)37(59)31(24-55)71-47/h9-14,16-19,30-33,36-42,44,47,55,57,59-62,67H,15,20-25H2,1-8H3,(H,54,66)/t30-,31+,32-,33+,36-,37+,38+,39-,40+,41+,42-,44-,47-,51+,52-,53+/m0/s1. The van der Waals surface area contributed by atoms with Crippen molar-refractivity contribution in [1.29, 1.82) is 0 Å². The maximum absolute atomic E-state index is 16.0. The van der Waals surface area contributed by atoms with Crippen molar-refractivity contribution in [2.24, 2.45) is 16.7 Å². The van der Waals surface area contributed by atoms with Crippen LogP contribution >= 0.6 is 0 Å². The van der Waals surface area contributed by atoms with E-state index in [0.717, 1.165) is 6.92 Å². The molecule has 2 aliphatic heterocycles. The van der Waals surface area contributed by atoms with E-state index in [1.54, 1.807) is 69.3 Å². The van der Waals surface area contributed by atoms with E-state index < -0.39 is 169 Å². The summed E-state index contributed by atoms with van der Waals surface area (Å²) >= 11 is 0. The molecule has 0 aromatic heterocycles. The van der Waals surface area contributed by atoms with Crippen LogP contribution in [0.1, 0.15) is 103 Å². The van der Waals surface area contributed by atoms with Gasteiger partial charge in [0.05, 0.1) is 48.9 Å². The fourth-order valence-corrected chi connectivity index (χ4v) is 11.4. The molecule has 2 aromatic rings. The Kier molecular flexibility index (Phi) is 16.7. The van der Waals surface area contributed by atoms with Crippen LogP contribution in [0.5, 0.6) is 0 Å². The molecule has 2 bridgehead atoms. The zero-order valence-electron chi connectivity index (χ0n) is 43.1. The van der Waals surface area contributed by atoms with Gasteiger partial charge in [-0.1, -0.05) is 62.4 Å². The molecular weight excluding hydrogens is 987 g/mol. The third-order valence-electron chi connectivity index (χ3n) is 15.5. The van der Waals surface area contributed by atoms with E-state index in [1.165, 1.54) is 39.8 Å². The predicted octanol–water partition coefficient (Wildman–Crippen LogP) is 1.41. The average Bonchev–Trinajstić information content (AvgIpc) is 3.34. The van der Waals surface area contributed by atoms with Crippen molar-refractivity contribution < 1.29 is 102 Å². The number of Topliss-reactive ketones (excluding diaryl/α,β-unsaturated/α-hetero) is 1. The van der Waals surface area contributed by atoms with E-state index in [1.807, 2.05) is 0 Å². The number of esters is 4. The van der Waals surface area contributed by atoms with Crippen LogP contribution in [0.3, 0.4) is 0 Å². The number of nitrogens with one attached hydrogen (secondary N) is 1. The van der Waals surface area contributed by atoms with Crippen LogP contribution in [-0.4, -0.2) is 175 Å². The molecule has 8 N–H and O–H groups in total. The van der Waals surface area contributed by atoms with Gasteiger partial charge >= 0.3 is 30.0 Å². The lowest BCUT2D eigenvalue weighted by atomic mass is 9.44. The molecule has 2 aromatic carbocycles. The second-order valence-corrected chi connectivity index (χ2v) is 21.7. The maximum Gasteiger partial charge on any atom is 0.408 e. The largest absolute Gasteiger partial charge is 0.456 e. The Labute approximate surface area is 433 Å². The van der Waals surface area contributed by atoms with Gasteiger partial charge in [0.15, 0.2) is 29.9 Å². The molecule has 2 saturated carbocycles. The van der Waals surface area contributed by atoms with Crippen molar-refractivity contribution in [1.82, 2.24) is 5.32 Å². The minimum Gasteiger partial charge on any atom is -0.456 e. The zero-order chi connectivity index (χ0) is 55.2. The summed E-state index contributed by atoms with van der Waals surface area (Å²) in [5.41, 5.74) is -9.24. The maximum atomic E-state index is 16.0. The van der Waals surface area contributed by atoms with Crippen molar-refractivity contribution >= 4 is 35.8 Å². The summed E-state index contributed by atoms with van der Waals surface area (Å²) in [6.45, 7) is 10.3. The number of benzene rings is 2. The average molecular weight is 1060 g/mol. The Balaban J connectivity index is 1.33. The third-order valence-corrected chi connectivity index (χ3v) is 15.5.